The van der Waals surface area contributed by atoms with Gasteiger partial charge in [0.2, 0.25) is 0 Å². The van der Waals surface area contributed by atoms with Gasteiger partial charge in [0.1, 0.15) is 24.5 Å². The molecule has 0 saturated carbocycles. The SMILES string of the molecule is CCCCCc1ccc(OCCNc2ncnc(C)c2C)c(C)c1. The predicted octanol–water partition coefficient (Wildman–Crippen LogP) is 4.63. The first-order valence-corrected chi connectivity index (χ1v) is 8.86. The number of nitrogens with zero attached hydrogens (tertiary/aromatic N) is 2. The van der Waals surface area contributed by atoms with Gasteiger partial charge in [-0.25, -0.2) is 9.97 Å². The Bertz CT molecular complexity index is 655. The van der Waals surface area contributed by atoms with E-state index in [1.165, 1.54) is 30.4 Å². The number of benzene rings is 1. The Labute approximate surface area is 145 Å². The van der Waals surface area contributed by atoms with Crippen LogP contribution >= 0.6 is 0 Å². The molecule has 0 atom stereocenters. The number of unbranched alkanes of at least 4 members (excludes halogenated alkanes) is 2. The summed E-state index contributed by atoms with van der Waals surface area (Å²) in [4.78, 5) is 8.45. The first-order chi connectivity index (χ1) is 11.6. The Hall–Kier alpha value is -2.10. The lowest BCUT2D eigenvalue weighted by molar-refractivity contribution is 0.330. The molecular weight excluding hydrogens is 298 g/mol. The van der Waals surface area contributed by atoms with Crippen molar-refractivity contribution in [1.82, 2.24) is 9.97 Å². The van der Waals surface area contributed by atoms with Crippen LogP contribution in [0.25, 0.3) is 0 Å². The van der Waals surface area contributed by atoms with E-state index in [4.69, 9.17) is 4.74 Å². The summed E-state index contributed by atoms with van der Waals surface area (Å²) in [7, 11) is 0. The fourth-order valence-corrected chi connectivity index (χ4v) is 2.65. The molecule has 130 valence electrons. The minimum atomic E-state index is 0.610. The summed E-state index contributed by atoms with van der Waals surface area (Å²) in [6, 6.07) is 6.52. The van der Waals surface area contributed by atoms with Gasteiger partial charge in [-0.15, -0.1) is 0 Å². The van der Waals surface area contributed by atoms with Gasteiger partial charge in [0.15, 0.2) is 0 Å². The zero-order valence-corrected chi connectivity index (χ0v) is 15.4. The van der Waals surface area contributed by atoms with Crippen LogP contribution in [0.5, 0.6) is 5.75 Å². The van der Waals surface area contributed by atoms with E-state index >= 15 is 0 Å². The fourth-order valence-electron chi connectivity index (χ4n) is 2.65. The van der Waals surface area contributed by atoms with Gasteiger partial charge in [0, 0.05) is 11.3 Å². The first-order valence-electron chi connectivity index (χ1n) is 8.86. The van der Waals surface area contributed by atoms with Crippen molar-refractivity contribution < 1.29 is 4.74 Å². The Kier molecular flexibility index (Phi) is 7.04. The molecule has 0 aliphatic rings. The molecule has 1 heterocycles. The topological polar surface area (TPSA) is 47.0 Å². The highest BCUT2D eigenvalue weighted by molar-refractivity contribution is 5.44. The normalized spacial score (nSPS) is 10.7. The molecule has 0 fully saturated rings. The Morgan fingerprint density at radius 1 is 1.08 bits per heavy atom. The van der Waals surface area contributed by atoms with E-state index in [0.29, 0.717) is 6.61 Å². The number of aryl methyl sites for hydroxylation is 3. The van der Waals surface area contributed by atoms with Gasteiger partial charge in [0.05, 0.1) is 6.54 Å². The second kappa shape index (κ2) is 9.26. The van der Waals surface area contributed by atoms with Gasteiger partial charge in [-0.2, -0.15) is 0 Å². The molecular formula is C20H29N3O. The van der Waals surface area contributed by atoms with E-state index in [1.54, 1.807) is 6.33 Å². The van der Waals surface area contributed by atoms with Crippen molar-refractivity contribution >= 4 is 5.82 Å². The minimum absolute atomic E-state index is 0.610. The van der Waals surface area contributed by atoms with Gasteiger partial charge < -0.3 is 10.1 Å². The summed E-state index contributed by atoms with van der Waals surface area (Å²) in [6.07, 6.45) is 6.57. The number of hydrogen-bond acceptors (Lipinski definition) is 4. The van der Waals surface area contributed by atoms with Crippen LogP contribution in [0.3, 0.4) is 0 Å². The molecule has 1 aromatic heterocycles. The van der Waals surface area contributed by atoms with Crippen molar-refractivity contribution in [1.29, 1.82) is 0 Å². The van der Waals surface area contributed by atoms with Crippen molar-refractivity contribution in [2.45, 2.75) is 53.4 Å². The first kappa shape index (κ1) is 18.2. The predicted molar refractivity (Wildman–Crippen MR) is 99.9 cm³/mol. The largest absolute Gasteiger partial charge is 0.491 e. The quantitative estimate of drug-likeness (QED) is 0.682. The van der Waals surface area contributed by atoms with E-state index in [1.807, 2.05) is 13.8 Å². The molecule has 0 aliphatic carbocycles. The second-order valence-electron chi connectivity index (χ2n) is 6.26. The smallest absolute Gasteiger partial charge is 0.132 e. The molecule has 2 rings (SSSR count). The van der Waals surface area contributed by atoms with E-state index < -0.39 is 0 Å². The summed E-state index contributed by atoms with van der Waals surface area (Å²) in [5.41, 5.74) is 4.70. The second-order valence-corrected chi connectivity index (χ2v) is 6.26. The lowest BCUT2D eigenvalue weighted by atomic mass is 10.0. The lowest BCUT2D eigenvalue weighted by Gasteiger charge is -2.13. The molecule has 4 heteroatoms. The number of ether oxygens (including phenoxy) is 1. The third kappa shape index (κ3) is 5.22. The zero-order chi connectivity index (χ0) is 17.4. The molecule has 2 aromatic rings. The lowest BCUT2D eigenvalue weighted by Crippen LogP contribution is -2.14. The summed E-state index contributed by atoms with van der Waals surface area (Å²) < 4.78 is 5.90. The number of nitrogens with one attached hydrogen (secondary N) is 1. The standard InChI is InChI=1S/C20H29N3O/c1-5-6-7-8-18-9-10-19(15(2)13-18)24-12-11-21-20-16(3)17(4)22-14-23-20/h9-10,13-14H,5-8,11-12H2,1-4H3,(H,21,22,23). The molecule has 0 saturated heterocycles. The van der Waals surface area contributed by atoms with Crippen LogP contribution < -0.4 is 10.1 Å². The van der Waals surface area contributed by atoms with Crippen LogP contribution in [0.2, 0.25) is 0 Å². The van der Waals surface area contributed by atoms with Crippen molar-refractivity contribution in [2.75, 3.05) is 18.5 Å². The average molecular weight is 327 g/mol. The van der Waals surface area contributed by atoms with E-state index in [-0.39, 0.29) is 0 Å². The molecule has 0 unspecified atom stereocenters. The number of aromatic nitrogens is 2. The van der Waals surface area contributed by atoms with E-state index in [0.717, 1.165) is 35.8 Å². The third-order valence-electron chi connectivity index (χ3n) is 4.30. The van der Waals surface area contributed by atoms with E-state index in [9.17, 15) is 0 Å². The Morgan fingerprint density at radius 2 is 1.92 bits per heavy atom. The molecule has 24 heavy (non-hydrogen) atoms. The maximum Gasteiger partial charge on any atom is 0.132 e. The minimum Gasteiger partial charge on any atom is -0.491 e. The van der Waals surface area contributed by atoms with Crippen molar-refractivity contribution in [3.8, 4) is 5.75 Å². The van der Waals surface area contributed by atoms with Gasteiger partial charge in [0.25, 0.3) is 0 Å². The highest BCUT2D eigenvalue weighted by Crippen LogP contribution is 2.20. The Morgan fingerprint density at radius 3 is 2.67 bits per heavy atom. The number of rotatable bonds is 9. The maximum atomic E-state index is 5.90. The van der Waals surface area contributed by atoms with E-state index in [2.05, 4.69) is 47.3 Å². The molecule has 0 aliphatic heterocycles. The maximum absolute atomic E-state index is 5.90. The van der Waals surface area contributed by atoms with Gasteiger partial charge in [-0.05, 0) is 50.8 Å². The van der Waals surface area contributed by atoms with Crippen LogP contribution in [0.1, 0.15) is 48.6 Å². The number of anilines is 1. The zero-order valence-electron chi connectivity index (χ0n) is 15.4. The molecule has 0 amide bonds. The highest BCUT2D eigenvalue weighted by atomic mass is 16.5. The van der Waals surface area contributed by atoms with Crippen molar-refractivity contribution in [3.63, 3.8) is 0 Å². The average Bonchev–Trinajstić information content (AvgIpc) is 2.57. The van der Waals surface area contributed by atoms with Gasteiger partial charge in [-0.3, -0.25) is 0 Å². The van der Waals surface area contributed by atoms with Crippen LogP contribution in [-0.4, -0.2) is 23.1 Å². The van der Waals surface area contributed by atoms with Gasteiger partial charge >= 0.3 is 0 Å². The summed E-state index contributed by atoms with van der Waals surface area (Å²) in [5.74, 6) is 1.85. The summed E-state index contributed by atoms with van der Waals surface area (Å²) >= 11 is 0. The fraction of sp³-hybridized carbons (Fsp3) is 0.500. The number of hydrogen-bond donors (Lipinski definition) is 1. The Balaban J connectivity index is 1.80. The molecule has 0 spiro atoms. The van der Waals surface area contributed by atoms with Crippen LogP contribution in [0.4, 0.5) is 5.82 Å². The molecule has 0 bridgehead atoms. The summed E-state index contributed by atoms with van der Waals surface area (Å²) in [6.45, 7) is 9.70. The molecule has 0 radical (unpaired) electrons. The highest BCUT2D eigenvalue weighted by Gasteiger charge is 2.04. The molecule has 4 nitrogen and oxygen atoms in total. The summed E-state index contributed by atoms with van der Waals surface area (Å²) in [5, 5.41) is 3.31. The van der Waals surface area contributed by atoms with Crippen LogP contribution in [-0.2, 0) is 6.42 Å². The molecule has 1 N–H and O–H groups in total. The third-order valence-corrected chi connectivity index (χ3v) is 4.30. The van der Waals surface area contributed by atoms with Crippen molar-refractivity contribution in [3.05, 3.63) is 46.9 Å². The van der Waals surface area contributed by atoms with Crippen LogP contribution in [0, 0.1) is 20.8 Å². The molecule has 1 aromatic carbocycles. The van der Waals surface area contributed by atoms with Gasteiger partial charge in [-0.1, -0.05) is 31.9 Å². The monoisotopic (exact) mass is 327 g/mol. The van der Waals surface area contributed by atoms with Crippen molar-refractivity contribution in [2.24, 2.45) is 0 Å². The van der Waals surface area contributed by atoms with Crippen LogP contribution in [0.15, 0.2) is 24.5 Å².